The summed E-state index contributed by atoms with van der Waals surface area (Å²) in [5.74, 6) is 0.536. The molecule has 38 heavy (non-hydrogen) atoms. The van der Waals surface area contributed by atoms with Gasteiger partial charge in [0, 0.05) is 69.7 Å². The number of pyridine rings is 1. The molecule has 1 N–H and O–H groups in total. The Morgan fingerprint density at radius 2 is 1.82 bits per heavy atom. The van der Waals surface area contributed by atoms with Gasteiger partial charge in [-0.2, -0.15) is 0 Å². The lowest BCUT2D eigenvalue weighted by molar-refractivity contribution is -0.130. The predicted molar refractivity (Wildman–Crippen MR) is 151 cm³/mol. The van der Waals surface area contributed by atoms with Gasteiger partial charge in [-0.05, 0) is 29.1 Å². The molecule has 11 heteroatoms. The highest BCUT2D eigenvalue weighted by atomic mass is 35.5. The highest BCUT2D eigenvalue weighted by Gasteiger charge is 2.24. The van der Waals surface area contributed by atoms with E-state index in [9.17, 15) is 4.79 Å². The molecule has 1 amide bonds. The van der Waals surface area contributed by atoms with Gasteiger partial charge >= 0.3 is 0 Å². The fraction of sp³-hybridized carbons (Fsp3) is 0.259. The van der Waals surface area contributed by atoms with Crippen molar-refractivity contribution in [2.24, 2.45) is 12.0 Å². The van der Waals surface area contributed by atoms with Gasteiger partial charge < -0.3 is 19.7 Å². The summed E-state index contributed by atoms with van der Waals surface area (Å²) in [5, 5.41) is 5.33. The minimum Gasteiger partial charge on any atom is -0.365 e. The number of piperazine rings is 1. The molecule has 1 aromatic carbocycles. The SMILES string of the molecule is C=C(NCC(=O)N1CCN(c2c(Cl)cncc2Cl)CC1)n1ccnc/c1=N/Cc1ccc2c(ccn2C)c1. The van der Waals surface area contributed by atoms with Crippen molar-refractivity contribution in [3.05, 3.63) is 89.1 Å². The van der Waals surface area contributed by atoms with Gasteiger partial charge in [-0.15, -0.1) is 0 Å². The zero-order valence-corrected chi connectivity index (χ0v) is 22.5. The normalized spacial score (nSPS) is 14.2. The lowest BCUT2D eigenvalue weighted by Crippen LogP contribution is -2.51. The van der Waals surface area contributed by atoms with E-state index in [2.05, 4.69) is 55.6 Å². The van der Waals surface area contributed by atoms with Gasteiger partial charge in [0.15, 0.2) is 5.49 Å². The first-order valence-corrected chi connectivity index (χ1v) is 13.0. The Labute approximate surface area is 230 Å². The first-order valence-electron chi connectivity index (χ1n) is 12.2. The van der Waals surface area contributed by atoms with Crippen LogP contribution in [0.4, 0.5) is 5.69 Å². The molecule has 1 fully saturated rings. The minimum atomic E-state index is -0.0120. The number of carbonyl (C=O) groups is 1. The molecular weight excluding hydrogens is 523 g/mol. The number of hydrogen-bond acceptors (Lipinski definition) is 6. The summed E-state index contributed by atoms with van der Waals surface area (Å²) < 4.78 is 3.89. The molecule has 0 saturated carbocycles. The number of amides is 1. The molecule has 4 aromatic rings. The van der Waals surface area contributed by atoms with Crippen LogP contribution in [0, 0.1) is 0 Å². The van der Waals surface area contributed by atoms with Gasteiger partial charge in [0.2, 0.25) is 5.91 Å². The van der Waals surface area contributed by atoms with Crippen LogP contribution in [0.25, 0.3) is 16.7 Å². The molecule has 1 saturated heterocycles. The summed E-state index contributed by atoms with van der Waals surface area (Å²) in [5.41, 5.74) is 3.68. The summed E-state index contributed by atoms with van der Waals surface area (Å²) in [6, 6.07) is 8.41. The smallest absolute Gasteiger partial charge is 0.242 e. The predicted octanol–water partition coefficient (Wildman–Crippen LogP) is 3.54. The van der Waals surface area contributed by atoms with Crippen LogP contribution < -0.4 is 15.7 Å². The summed E-state index contributed by atoms with van der Waals surface area (Å²) in [6.07, 6.45) is 10.3. The molecule has 3 aromatic heterocycles. The Morgan fingerprint density at radius 3 is 2.58 bits per heavy atom. The number of carbonyl (C=O) groups excluding carboxylic acids is 1. The number of aryl methyl sites for hydroxylation is 1. The van der Waals surface area contributed by atoms with Gasteiger partial charge in [-0.25, -0.2) is 0 Å². The Bertz CT molecular complexity index is 1530. The van der Waals surface area contributed by atoms with Crippen LogP contribution in [0.5, 0.6) is 0 Å². The number of fused-ring (bicyclic) bond motifs is 1. The number of rotatable bonds is 7. The highest BCUT2D eigenvalue weighted by molar-refractivity contribution is 6.38. The minimum absolute atomic E-state index is 0.0120. The second kappa shape index (κ2) is 11.3. The zero-order chi connectivity index (χ0) is 26.6. The number of aromatic nitrogens is 4. The quantitative estimate of drug-likeness (QED) is 0.380. The molecule has 1 aliphatic heterocycles. The van der Waals surface area contributed by atoms with Crippen LogP contribution in [-0.2, 0) is 18.4 Å². The molecule has 0 unspecified atom stereocenters. The molecule has 196 valence electrons. The molecular formula is C27H28Cl2N8O. The van der Waals surface area contributed by atoms with Crippen molar-refractivity contribution in [1.82, 2.24) is 29.3 Å². The van der Waals surface area contributed by atoms with Crippen LogP contribution in [0.3, 0.4) is 0 Å². The van der Waals surface area contributed by atoms with Crippen molar-refractivity contribution >= 4 is 51.5 Å². The monoisotopic (exact) mass is 550 g/mol. The third-order valence-electron chi connectivity index (χ3n) is 6.62. The first kappa shape index (κ1) is 25.8. The molecule has 4 heterocycles. The van der Waals surface area contributed by atoms with E-state index in [0.717, 1.165) is 11.3 Å². The number of hydrogen-bond donors (Lipinski definition) is 1. The molecule has 5 rings (SSSR count). The Balaban J connectivity index is 1.19. The van der Waals surface area contributed by atoms with E-state index in [1.807, 2.05) is 18.1 Å². The third-order valence-corrected chi connectivity index (χ3v) is 7.18. The molecule has 0 atom stereocenters. The van der Waals surface area contributed by atoms with E-state index in [0.29, 0.717) is 54.1 Å². The van der Waals surface area contributed by atoms with Crippen LogP contribution >= 0.6 is 23.2 Å². The largest absolute Gasteiger partial charge is 0.365 e. The van der Waals surface area contributed by atoms with Crippen molar-refractivity contribution in [3.63, 3.8) is 0 Å². The van der Waals surface area contributed by atoms with Gasteiger partial charge in [0.25, 0.3) is 0 Å². The van der Waals surface area contributed by atoms with Crippen LogP contribution in [0.15, 0.2) is 73.0 Å². The van der Waals surface area contributed by atoms with Gasteiger partial charge in [-0.1, -0.05) is 35.8 Å². The van der Waals surface area contributed by atoms with E-state index >= 15 is 0 Å². The molecule has 9 nitrogen and oxygen atoms in total. The van der Waals surface area contributed by atoms with Gasteiger partial charge in [-0.3, -0.25) is 24.3 Å². The van der Waals surface area contributed by atoms with E-state index in [1.165, 1.54) is 10.9 Å². The summed E-state index contributed by atoms with van der Waals surface area (Å²) in [4.78, 5) is 29.8. The maximum absolute atomic E-state index is 12.9. The Hall–Kier alpha value is -3.82. The van der Waals surface area contributed by atoms with Gasteiger partial charge in [0.1, 0.15) is 5.82 Å². The molecule has 1 aliphatic rings. The van der Waals surface area contributed by atoms with E-state index < -0.39 is 0 Å². The number of nitrogens with zero attached hydrogens (tertiary/aromatic N) is 7. The second-order valence-electron chi connectivity index (χ2n) is 9.06. The number of anilines is 1. The molecule has 0 spiro atoms. The van der Waals surface area contributed by atoms with Crippen molar-refractivity contribution in [1.29, 1.82) is 0 Å². The topological polar surface area (TPSA) is 83.6 Å². The lowest BCUT2D eigenvalue weighted by Gasteiger charge is -2.36. The van der Waals surface area contributed by atoms with Crippen LogP contribution in [-0.4, -0.2) is 62.6 Å². The Kier molecular flexibility index (Phi) is 7.67. The highest BCUT2D eigenvalue weighted by Crippen LogP contribution is 2.33. The van der Waals surface area contributed by atoms with Crippen LogP contribution in [0.2, 0.25) is 10.0 Å². The molecule has 0 radical (unpaired) electrons. The van der Waals surface area contributed by atoms with E-state index in [-0.39, 0.29) is 12.5 Å². The van der Waals surface area contributed by atoms with Crippen molar-refractivity contribution in [3.8, 4) is 0 Å². The Morgan fingerprint density at radius 1 is 1.05 bits per heavy atom. The number of benzene rings is 1. The van der Waals surface area contributed by atoms with Gasteiger partial charge in [0.05, 0.1) is 35.0 Å². The summed E-state index contributed by atoms with van der Waals surface area (Å²) >= 11 is 12.6. The maximum atomic E-state index is 12.9. The molecule has 0 aliphatic carbocycles. The molecule has 0 bridgehead atoms. The summed E-state index contributed by atoms with van der Waals surface area (Å²) in [7, 11) is 2.03. The maximum Gasteiger partial charge on any atom is 0.242 e. The van der Waals surface area contributed by atoms with E-state index in [1.54, 1.807) is 35.6 Å². The van der Waals surface area contributed by atoms with E-state index in [4.69, 9.17) is 28.2 Å². The zero-order valence-electron chi connectivity index (χ0n) is 21.0. The van der Waals surface area contributed by atoms with Crippen molar-refractivity contribution < 1.29 is 4.79 Å². The fourth-order valence-corrected chi connectivity index (χ4v) is 5.16. The van der Waals surface area contributed by atoms with Crippen molar-refractivity contribution in [2.45, 2.75) is 6.54 Å². The fourth-order valence-electron chi connectivity index (χ4n) is 4.56. The average Bonchev–Trinajstić information content (AvgIpc) is 3.30. The lowest BCUT2D eigenvalue weighted by atomic mass is 10.1. The number of halogens is 2. The second-order valence-corrected chi connectivity index (χ2v) is 9.87. The summed E-state index contributed by atoms with van der Waals surface area (Å²) in [6.45, 7) is 7.13. The standard InChI is InChI=1S/C27H28Cl2N8O/c1-19(32-18-26(38)35-9-11-36(12-10-35)27-22(28)15-31-16-23(27)29)37-8-6-30-17-25(37)33-14-20-3-4-24-21(13-20)5-7-34(24)2/h3-8,13,15-17,32H,1,9-12,14,18H2,2H3/b33-25-. The van der Waals surface area contributed by atoms with Crippen molar-refractivity contribution in [2.75, 3.05) is 37.6 Å². The first-order chi connectivity index (χ1) is 18.4. The average molecular weight is 551 g/mol. The van der Waals surface area contributed by atoms with Crippen LogP contribution in [0.1, 0.15) is 5.56 Å². The number of nitrogens with one attached hydrogen (secondary N) is 1. The third kappa shape index (κ3) is 5.54.